The van der Waals surface area contributed by atoms with E-state index in [0.717, 1.165) is 24.3 Å². The SMILES string of the molecule is Cc1nc(C(=O)N2CCC(c3cccc(Oc4ccccc4)n3)CC2)co1. The highest BCUT2D eigenvalue weighted by Gasteiger charge is 2.26. The molecule has 2 aromatic heterocycles. The molecule has 6 nitrogen and oxygen atoms in total. The number of pyridine rings is 1. The molecule has 0 radical (unpaired) electrons. The Hall–Kier alpha value is -3.15. The first-order chi connectivity index (χ1) is 13.2. The molecule has 1 aliphatic heterocycles. The fraction of sp³-hybridized carbons (Fsp3) is 0.286. The van der Waals surface area contributed by atoms with Crippen LogP contribution in [0.5, 0.6) is 11.6 Å². The van der Waals surface area contributed by atoms with Crippen LogP contribution >= 0.6 is 0 Å². The summed E-state index contributed by atoms with van der Waals surface area (Å²) >= 11 is 0. The minimum Gasteiger partial charge on any atom is -0.448 e. The maximum absolute atomic E-state index is 12.5. The normalized spacial score (nSPS) is 14.9. The Labute approximate surface area is 157 Å². The van der Waals surface area contributed by atoms with Crippen molar-refractivity contribution in [3.8, 4) is 11.6 Å². The van der Waals surface area contributed by atoms with Crippen molar-refractivity contribution in [2.24, 2.45) is 0 Å². The summed E-state index contributed by atoms with van der Waals surface area (Å²) in [6, 6.07) is 15.5. The van der Waals surface area contributed by atoms with Crippen LogP contribution in [0.1, 0.15) is 40.8 Å². The lowest BCUT2D eigenvalue weighted by Gasteiger charge is -2.31. The molecule has 6 heteroatoms. The number of hydrogen-bond acceptors (Lipinski definition) is 5. The van der Waals surface area contributed by atoms with E-state index in [4.69, 9.17) is 9.15 Å². The standard InChI is InChI=1S/C21H21N3O3/c1-15-22-19(14-26-15)21(25)24-12-10-16(11-13-24)18-8-5-9-20(23-18)27-17-6-3-2-4-7-17/h2-9,14,16H,10-13H2,1H3. The quantitative estimate of drug-likeness (QED) is 0.695. The topological polar surface area (TPSA) is 68.5 Å². The van der Waals surface area contributed by atoms with Crippen molar-refractivity contribution >= 4 is 5.91 Å². The van der Waals surface area contributed by atoms with E-state index < -0.39 is 0 Å². The van der Waals surface area contributed by atoms with E-state index in [1.807, 2.05) is 53.4 Å². The minimum atomic E-state index is -0.0700. The van der Waals surface area contributed by atoms with Crippen LogP contribution in [0, 0.1) is 6.92 Å². The average Bonchev–Trinajstić information content (AvgIpc) is 3.15. The molecule has 1 saturated heterocycles. The van der Waals surface area contributed by atoms with E-state index in [1.54, 1.807) is 6.92 Å². The Morgan fingerprint density at radius 1 is 1.07 bits per heavy atom. The number of likely N-dealkylation sites (tertiary alicyclic amines) is 1. The minimum absolute atomic E-state index is 0.0700. The fourth-order valence-electron chi connectivity index (χ4n) is 3.33. The molecular formula is C21H21N3O3. The number of carbonyl (C=O) groups is 1. The molecule has 0 atom stereocenters. The number of benzene rings is 1. The number of aromatic nitrogens is 2. The van der Waals surface area contributed by atoms with Crippen LogP contribution in [0.2, 0.25) is 0 Å². The monoisotopic (exact) mass is 363 g/mol. The van der Waals surface area contributed by atoms with Crippen LogP contribution in [-0.2, 0) is 0 Å². The van der Waals surface area contributed by atoms with Crippen LogP contribution in [0.4, 0.5) is 0 Å². The van der Waals surface area contributed by atoms with Gasteiger partial charge in [-0.15, -0.1) is 0 Å². The first-order valence-corrected chi connectivity index (χ1v) is 9.10. The molecule has 0 bridgehead atoms. The van der Waals surface area contributed by atoms with Gasteiger partial charge >= 0.3 is 0 Å². The number of rotatable bonds is 4. The van der Waals surface area contributed by atoms with Gasteiger partial charge in [-0.05, 0) is 31.0 Å². The van der Waals surface area contributed by atoms with E-state index in [9.17, 15) is 4.79 Å². The van der Waals surface area contributed by atoms with Gasteiger partial charge in [0.1, 0.15) is 12.0 Å². The summed E-state index contributed by atoms with van der Waals surface area (Å²) in [5.41, 5.74) is 1.38. The number of para-hydroxylation sites is 1. The van der Waals surface area contributed by atoms with Gasteiger partial charge in [-0.25, -0.2) is 9.97 Å². The predicted molar refractivity (Wildman–Crippen MR) is 99.9 cm³/mol. The smallest absolute Gasteiger partial charge is 0.275 e. The Morgan fingerprint density at radius 2 is 1.85 bits per heavy atom. The molecule has 1 aromatic carbocycles. The zero-order valence-corrected chi connectivity index (χ0v) is 15.2. The van der Waals surface area contributed by atoms with Gasteiger partial charge in [-0.2, -0.15) is 0 Å². The highest BCUT2D eigenvalue weighted by molar-refractivity contribution is 5.92. The Balaban J connectivity index is 1.39. The predicted octanol–water partition coefficient (Wildman–Crippen LogP) is 4.19. The van der Waals surface area contributed by atoms with Gasteiger partial charge in [0.2, 0.25) is 5.88 Å². The van der Waals surface area contributed by atoms with Gasteiger partial charge < -0.3 is 14.1 Å². The lowest BCUT2D eigenvalue weighted by Crippen LogP contribution is -2.38. The first kappa shape index (κ1) is 17.3. The number of aryl methyl sites for hydroxylation is 1. The molecular weight excluding hydrogens is 342 g/mol. The summed E-state index contributed by atoms with van der Waals surface area (Å²) in [7, 11) is 0. The largest absolute Gasteiger partial charge is 0.448 e. The van der Waals surface area contributed by atoms with Gasteiger partial charge in [0, 0.05) is 37.7 Å². The summed E-state index contributed by atoms with van der Waals surface area (Å²) in [4.78, 5) is 23.1. The number of carbonyl (C=O) groups excluding carboxylic acids is 1. The first-order valence-electron chi connectivity index (χ1n) is 9.10. The van der Waals surface area contributed by atoms with Crippen molar-refractivity contribution in [3.05, 3.63) is 72.1 Å². The van der Waals surface area contributed by atoms with Gasteiger partial charge in [0.05, 0.1) is 0 Å². The van der Waals surface area contributed by atoms with Gasteiger partial charge in [-0.1, -0.05) is 24.3 Å². The molecule has 3 heterocycles. The third-order valence-corrected chi connectivity index (χ3v) is 4.75. The number of hydrogen-bond donors (Lipinski definition) is 0. The van der Waals surface area contributed by atoms with Crippen molar-refractivity contribution in [1.29, 1.82) is 0 Å². The van der Waals surface area contributed by atoms with Crippen LogP contribution in [-0.4, -0.2) is 33.9 Å². The number of ether oxygens (including phenoxy) is 1. The van der Waals surface area contributed by atoms with Gasteiger partial charge in [-0.3, -0.25) is 4.79 Å². The highest BCUT2D eigenvalue weighted by Crippen LogP contribution is 2.29. The van der Waals surface area contributed by atoms with Crippen molar-refractivity contribution in [2.45, 2.75) is 25.7 Å². The second kappa shape index (κ2) is 7.61. The molecule has 0 N–H and O–H groups in total. The third-order valence-electron chi connectivity index (χ3n) is 4.75. The number of amides is 1. The molecule has 4 rings (SSSR count). The summed E-state index contributed by atoms with van der Waals surface area (Å²) < 4.78 is 11.0. The molecule has 0 unspecified atom stereocenters. The molecule has 3 aromatic rings. The molecule has 138 valence electrons. The molecule has 27 heavy (non-hydrogen) atoms. The van der Waals surface area contributed by atoms with Crippen LogP contribution in [0.3, 0.4) is 0 Å². The van der Waals surface area contributed by atoms with E-state index >= 15 is 0 Å². The van der Waals surface area contributed by atoms with Crippen molar-refractivity contribution in [1.82, 2.24) is 14.9 Å². The average molecular weight is 363 g/mol. The maximum atomic E-state index is 12.5. The maximum Gasteiger partial charge on any atom is 0.275 e. The third kappa shape index (κ3) is 4.00. The van der Waals surface area contributed by atoms with Crippen molar-refractivity contribution < 1.29 is 13.9 Å². The summed E-state index contributed by atoms with van der Waals surface area (Å²) in [5, 5.41) is 0. The van der Waals surface area contributed by atoms with Gasteiger partial charge in [0.15, 0.2) is 11.6 Å². The summed E-state index contributed by atoms with van der Waals surface area (Å²) in [5.74, 6) is 2.11. The van der Waals surface area contributed by atoms with E-state index in [-0.39, 0.29) is 5.91 Å². The van der Waals surface area contributed by atoms with Crippen LogP contribution in [0.25, 0.3) is 0 Å². The molecule has 0 spiro atoms. The number of nitrogens with zero attached hydrogens (tertiary/aromatic N) is 3. The van der Waals surface area contributed by atoms with Crippen molar-refractivity contribution in [2.75, 3.05) is 13.1 Å². The van der Waals surface area contributed by atoms with E-state index in [1.165, 1.54) is 6.26 Å². The molecule has 1 fully saturated rings. The second-order valence-electron chi connectivity index (χ2n) is 6.63. The zero-order chi connectivity index (χ0) is 18.6. The Bertz CT molecular complexity index is 915. The Morgan fingerprint density at radius 3 is 2.56 bits per heavy atom. The molecule has 1 amide bonds. The lowest BCUT2D eigenvalue weighted by atomic mass is 9.93. The zero-order valence-electron chi connectivity index (χ0n) is 15.2. The highest BCUT2D eigenvalue weighted by atomic mass is 16.5. The lowest BCUT2D eigenvalue weighted by molar-refractivity contribution is 0.0706. The molecule has 0 saturated carbocycles. The van der Waals surface area contributed by atoms with Crippen LogP contribution in [0.15, 0.2) is 59.2 Å². The Kier molecular flexibility index (Phi) is 4.87. The van der Waals surface area contributed by atoms with Gasteiger partial charge in [0.25, 0.3) is 5.91 Å². The fourth-order valence-corrected chi connectivity index (χ4v) is 3.33. The summed E-state index contributed by atoms with van der Waals surface area (Å²) in [6.07, 6.45) is 3.16. The summed E-state index contributed by atoms with van der Waals surface area (Å²) in [6.45, 7) is 3.10. The second-order valence-corrected chi connectivity index (χ2v) is 6.63. The van der Waals surface area contributed by atoms with E-state index in [2.05, 4.69) is 9.97 Å². The van der Waals surface area contributed by atoms with Crippen molar-refractivity contribution in [3.63, 3.8) is 0 Å². The number of oxazole rings is 1. The molecule has 1 aliphatic rings. The molecule has 0 aliphatic carbocycles. The number of piperidine rings is 1. The van der Waals surface area contributed by atoms with Crippen LogP contribution < -0.4 is 4.74 Å². The van der Waals surface area contributed by atoms with E-state index in [0.29, 0.717) is 36.5 Å².